The van der Waals surface area contributed by atoms with Crippen LogP contribution in [0.25, 0.3) is 50.5 Å². The smallest absolute Gasteiger partial charge is 0.338 e. The number of esters is 2. The molecule has 5 N–H and O–H groups in total. The van der Waals surface area contributed by atoms with Crippen molar-refractivity contribution in [2.75, 3.05) is 65.5 Å². The minimum atomic E-state index is -0.426. The fraction of sp³-hybridized carbons (Fsp3) is 0.263. The van der Waals surface area contributed by atoms with Crippen LogP contribution < -0.4 is 21.3 Å². The van der Waals surface area contributed by atoms with Crippen LogP contribution in [0.15, 0.2) is 129 Å². The maximum Gasteiger partial charge on any atom is 0.338 e. The van der Waals surface area contributed by atoms with Gasteiger partial charge in [-0.05, 0) is 122 Å². The van der Waals surface area contributed by atoms with Crippen molar-refractivity contribution >= 4 is 109 Å². The number of ether oxygens (including phenoxy) is 3. The number of rotatable bonds is 11. The van der Waals surface area contributed by atoms with Gasteiger partial charge < -0.3 is 45.5 Å². The van der Waals surface area contributed by atoms with Crippen molar-refractivity contribution in [1.82, 2.24) is 31.1 Å². The summed E-state index contributed by atoms with van der Waals surface area (Å²) in [5, 5.41) is 24.5. The minimum absolute atomic E-state index is 0.102. The lowest BCUT2D eigenvalue weighted by molar-refractivity contribution is -0.0204. The van der Waals surface area contributed by atoms with Gasteiger partial charge in [0.05, 0.1) is 43.4 Å². The summed E-state index contributed by atoms with van der Waals surface area (Å²) in [4.78, 5) is 72.5. The average Bonchev–Trinajstić information content (AvgIpc) is 3.42. The highest BCUT2D eigenvalue weighted by atomic mass is 35.5. The van der Waals surface area contributed by atoms with Crippen LogP contribution in [0.2, 0.25) is 0 Å². The van der Waals surface area contributed by atoms with Crippen molar-refractivity contribution < 1.29 is 48.1 Å². The SMILES string of the molecule is C=Cc1ccc2cc(C(=O)Cl)ccc2c1.C=Cc1ccc2cc(C(=O)OC3CN(CC)C(=O)N(COC)C3)ccc2c1.C=Cc1ccc2cc(C(=O)OC3CNC(=O)NC3)ccc2c1.CCCl.O=C1NCC(O)CN1. The molecule has 0 saturated carbocycles. The van der Waals surface area contributed by atoms with Crippen LogP contribution in [0.3, 0.4) is 0 Å². The Morgan fingerprint density at radius 2 is 0.947 bits per heavy atom. The Bertz CT molecular complexity index is 3000. The first-order chi connectivity index (χ1) is 36.1. The Labute approximate surface area is 446 Å². The molecule has 9 rings (SSSR count). The Balaban J connectivity index is 0.000000194. The molecule has 0 spiro atoms. The largest absolute Gasteiger partial charge is 0.455 e. The van der Waals surface area contributed by atoms with Crippen molar-refractivity contribution in [3.63, 3.8) is 0 Å². The number of aliphatic hydroxyl groups excluding tert-OH is 1. The standard InChI is InChI=1S/C21H24N2O4.C17H16N2O3.C13H9ClO.C4H8N2O2.C2H5Cl/c1-4-15-6-7-17-11-18(9-8-16(17)10-15)20(24)27-19-12-22(5-2)21(25)23(13-19)14-26-3;1-2-11-3-4-13-8-14(6-5-12(13)7-11)16(20)22-15-9-18-17(21)19-10-15;1-2-9-3-4-11-8-12(13(14)15)6-5-10(11)7-9;7-3-1-5-4(8)6-2-3;1-2-3/h4,6-11,19H,1,5,12-14H2,2-3H3;2-8,15H,1,9-10H2,(H2,18,19,21);2-8H,1H2;3,7H,1-2H2,(H2,5,6,8);2H2,1H3. The monoisotopic (exact) mass is 1060 g/mol. The number of hydrogen-bond acceptors (Lipinski definition) is 10. The number of halogens is 2. The summed E-state index contributed by atoms with van der Waals surface area (Å²) in [6.45, 7) is 17.8. The van der Waals surface area contributed by atoms with Crippen molar-refractivity contribution in [3.8, 4) is 0 Å². The van der Waals surface area contributed by atoms with E-state index in [1.54, 1.807) is 58.4 Å². The van der Waals surface area contributed by atoms with E-state index in [2.05, 4.69) is 41.0 Å². The number of likely N-dealkylation sites (N-methyl/N-ethyl adjacent to an activating group) is 1. The summed E-state index contributed by atoms with van der Waals surface area (Å²) in [5.74, 6) is -0.0601. The third-order valence-corrected chi connectivity index (χ3v) is 11.8. The van der Waals surface area contributed by atoms with E-state index >= 15 is 0 Å². The van der Waals surface area contributed by atoms with E-state index in [9.17, 15) is 28.8 Å². The van der Waals surface area contributed by atoms with Gasteiger partial charge in [-0.25, -0.2) is 24.0 Å². The number of carbonyl (C=O) groups excluding carboxylic acids is 6. The van der Waals surface area contributed by atoms with E-state index in [1.807, 2.05) is 92.7 Å². The van der Waals surface area contributed by atoms with Crippen molar-refractivity contribution in [1.29, 1.82) is 0 Å². The molecule has 1 unspecified atom stereocenters. The number of methoxy groups -OCH3 is 1. The maximum atomic E-state index is 12.6. The molecule has 0 aromatic heterocycles. The van der Waals surface area contributed by atoms with Crippen LogP contribution in [0.1, 0.15) is 61.6 Å². The highest BCUT2D eigenvalue weighted by Gasteiger charge is 2.33. The molecule has 0 aliphatic carbocycles. The van der Waals surface area contributed by atoms with Crippen LogP contribution in [-0.2, 0) is 14.2 Å². The number of fused-ring (bicyclic) bond motifs is 3. The van der Waals surface area contributed by atoms with Crippen LogP contribution in [0, 0.1) is 0 Å². The molecule has 0 radical (unpaired) electrons. The summed E-state index contributed by atoms with van der Waals surface area (Å²) in [6, 6.07) is 33.6. The summed E-state index contributed by atoms with van der Waals surface area (Å²) < 4.78 is 16.1. The topological polar surface area (TPSA) is 205 Å². The number of alkyl halides is 1. The van der Waals surface area contributed by atoms with E-state index in [0.29, 0.717) is 62.5 Å². The number of amides is 6. The second-order valence-electron chi connectivity index (χ2n) is 17.0. The zero-order chi connectivity index (χ0) is 54.4. The van der Waals surface area contributed by atoms with Gasteiger partial charge in [-0.1, -0.05) is 99.5 Å². The van der Waals surface area contributed by atoms with E-state index in [1.165, 1.54) is 7.11 Å². The average molecular weight is 1060 g/mol. The Morgan fingerprint density at radius 3 is 1.33 bits per heavy atom. The number of hydrogen-bond donors (Lipinski definition) is 5. The lowest BCUT2D eigenvalue weighted by Gasteiger charge is -2.38. The summed E-state index contributed by atoms with van der Waals surface area (Å²) in [7, 11) is 1.53. The summed E-state index contributed by atoms with van der Waals surface area (Å²) in [6.07, 6.45) is 4.18. The Hall–Kier alpha value is -7.76. The molecular formula is C57H62Cl2N6O10. The second-order valence-corrected chi connectivity index (χ2v) is 17.8. The Kier molecular flexibility index (Phi) is 22.6. The van der Waals surface area contributed by atoms with E-state index in [4.69, 9.17) is 42.5 Å². The van der Waals surface area contributed by atoms with Gasteiger partial charge in [-0.2, -0.15) is 0 Å². The van der Waals surface area contributed by atoms with Crippen LogP contribution >= 0.6 is 23.2 Å². The van der Waals surface area contributed by atoms with E-state index in [0.717, 1.165) is 54.9 Å². The summed E-state index contributed by atoms with van der Waals surface area (Å²) in [5.41, 5.74) is 4.64. The van der Waals surface area contributed by atoms with Gasteiger partial charge in [0.15, 0.2) is 0 Å². The van der Waals surface area contributed by atoms with Gasteiger partial charge in [0.2, 0.25) is 0 Å². The van der Waals surface area contributed by atoms with Crippen molar-refractivity contribution in [2.45, 2.75) is 32.2 Å². The highest BCUT2D eigenvalue weighted by Crippen LogP contribution is 2.23. The van der Waals surface area contributed by atoms with Crippen LogP contribution in [-0.4, -0.2) is 134 Å². The number of aliphatic hydroxyl groups is 1. The molecule has 3 saturated heterocycles. The molecular weight excluding hydrogens is 1000 g/mol. The van der Waals surface area contributed by atoms with Crippen molar-refractivity contribution in [2.24, 2.45) is 0 Å². The molecule has 394 valence electrons. The normalized spacial score (nSPS) is 15.2. The van der Waals surface area contributed by atoms with E-state index in [-0.39, 0.29) is 30.9 Å². The molecule has 6 aromatic carbocycles. The quantitative estimate of drug-likeness (QED) is 0.0472. The molecule has 6 amide bonds. The number of nitrogens with zero attached hydrogens (tertiary/aromatic N) is 2. The third-order valence-electron chi connectivity index (χ3n) is 11.6. The number of benzene rings is 6. The number of urea groups is 3. The second kappa shape index (κ2) is 29.2. The molecule has 1 atom stereocenters. The van der Waals surface area contributed by atoms with Crippen LogP contribution in [0.5, 0.6) is 0 Å². The molecule has 16 nitrogen and oxygen atoms in total. The minimum Gasteiger partial charge on any atom is -0.455 e. The first-order valence-electron chi connectivity index (χ1n) is 24.0. The molecule has 75 heavy (non-hydrogen) atoms. The van der Waals surface area contributed by atoms with Gasteiger partial charge in [-0.15, -0.1) is 11.6 Å². The molecule has 3 aliphatic rings. The van der Waals surface area contributed by atoms with Crippen LogP contribution in [0.4, 0.5) is 14.4 Å². The molecule has 6 aromatic rings. The molecule has 3 fully saturated rings. The zero-order valence-corrected chi connectivity index (χ0v) is 43.6. The molecule has 3 heterocycles. The first-order valence-corrected chi connectivity index (χ1v) is 24.9. The number of β-amino-alcohol motifs (C(OH)–C–C–N with tert-alkyl or cyclic N) is 1. The highest BCUT2D eigenvalue weighted by molar-refractivity contribution is 6.67. The van der Waals surface area contributed by atoms with Crippen molar-refractivity contribution in [3.05, 3.63) is 162 Å². The number of nitrogens with one attached hydrogen (secondary N) is 4. The molecule has 18 heteroatoms. The first kappa shape index (κ1) is 58.1. The summed E-state index contributed by atoms with van der Waals surface area (Å²) >= 11 is 10.4. The van der Waals surface area contributed by atoms with E-state index < -0.39 is 29.4 Å². The van der Waals surface area contributed by atoms with Gasteiger partial charge in [0, 0.05) is 38.2 Å². The van der Waals surface area contributed by atoms with Gasteiger partial charge >= 0.3 is 30.0 Å². The van der Waals surface area contributed by atoms with Gasteiger partial charge in [-0.3, -0.25) is 9.69 Å². The zero-order valence-electron chi connectivity index (χ0n) is 42.1. The van der Waals surface area contributed by atoms with Gasteiger partial charge in [0.25, 0.3) is 5.24 Å². The predicted octanol–water partition coefficient (Wildman–Crippen LogP) is 9.46. The maximum absolute atomic E-state index is 12.6. The lowest BCUT2D eigenvalue weighted by Crippen LogP contribution is -2.56. The third kappa shape index (κ3) is 17.4. The predicted molar refractivity (Wildman–Crippen MR) is 297 cm³/mol. The van der Waals surface area contributed by atoms with Gasteiger partial charge in [0.1, 0.15) is 18.9 Å². The number of carbonyl (C=O) groups is 6. The molecule has 0 bridgehead atoms. The Morgan fingerprint density at radius 1 is 0.587 bits per heavy atom. The fourth-order valence-corrected chi connectivity index (χ4v) is 7.80. The fourth-order valence-electron chi connectivity index (χ4n) is 7.68. The lowest BCUT2D eigenvalue weighted by atomic mass is 10.0. The molecule has 3 aliphatic heterocycles.